The Hall–Kier alpha value is -3.07. The van der Waals surface area contributed by atoms with Gasteiger partial charge in [-0.05, 0) is 60.9 Å². The van der Waals surface area contributed by atoms with Gasteiger partial charge in [-0.3, -0.25) is 0 Å². The highest BCUT2D eigenvalue weighted by Crippen LogP contribution is 2.44. The molecule has 5 rings (SSSR count). The Bertz CT molecular complexity index is 1190. The number of aromatic nitrogens is 2. The minimum Gasteiger partial charge on any atom is -0.351 e. The summed E-state index contributed by atoms with van der Waals surface area (Å²) in [6.45, 7) is 0.622. The molecule has 1 saturated heterocycles. The fourth-order valence-electron chi connectivity index (χ4n) is 5.32. The highest BCUT2D eigenvalue weighted by atomic mass is 19.2. The molecule has 9 heteroatoms. The second-order valence-corrected chi connectivity index (χ2v) is 8.82. The van der Waals surface area contributed by atoms with Crippen molar-refractivity contribution in [3.8, 4) is 11.3 Å². The van der Waals surface area contributed by atoms with Gasteiger partial charge < -0.3 is 10.6 Å². The van der Waals surface area contributed by atoms with Crippen molar-refractivity contribution in [2.75, 3.05) is 11.4 Å². The van der Waals surface area contributed by atoms with Crippen LogP contribution in [0.4, 0.5) is 27.8 Å². The van der Waals surface area contributed by atoms with Gasteiger partial charge in [0.05, 0.1) is 5.69 Å². The van der Waals surface area contributed by atoms with Crippen molar-refractivity contribution < 1.29 is 22.0 Å². The highest BCUT2D eigenvalue weighted by Gasteiger charge is 2.47. The Balaban J connectivity index is 1.46. The van der Waals surface area contributed by atoms with Gasteiger partial charge in [0.2, 0.25) is 0 Å². The lowest BCUT2D eigenvalue weighted by Crippen LogP contribution is -2.37. The Kier molecular flexibility index (Phi) is 5.52. The van der Waals surface area contributed by atoms with Gasteiger partial charge in [-0.25, -0.2) is 22.0 Å². The summed E-state index contributed by atoms with van der Waals surface area (Å²) in [6, 6.07) is 8.37. The van der Waals surface area contributed by atoms with Crippen LogP contribution in [-0.4, -0.2) is 28.8 Å². The zero-order valence-electron chi connectivity index (χ0n) is 17.5. The number of rotatable bonds is 4. The van der Waals surface area contributed by atoms with Crippen LogP contribution in [0.3, 0.4) is 0 Å². The number of hydrogen-bond donors (Lipinski definition) is 1. The van der Waals surface area contributed by atoms with Crippen LogP contribution < -0.4 is 10.6 Å². The molecule has 2 fully saturated rings. The van der Waals surface area contributed by atoms with Gasteiger partial charge in [-0.1, -0.05) is 12.1 Å². The molecule has 2 aromatic carbocycles. The smallest absolute Gasteiger partial charge is 0.168 e. The molecule has 33 heavy (non-hydrogen) atoms. The normalized spacial score (nSPS) is 24.4. The molecule has 0 spiro atoms. The van der Waals surface area contributed by atoms with E-state index in [1.807, 2.05) is 4.90 Å². The third-order valence-corrected chi connectivity index (χ3v) is 6.79. The fraction of sp³-hybridized carbons (Fsp3) is 0.333. The van der Waals surface area contributed by atoms with Crippen LogP contribution in [0, 0.1) is 40.9 Å². The van der Waals surface area contributed by atoms with E-state index in [0.29, 0.717) is 18.4 Å². The molecule has 0 bridgehead atoms. The van der Waals surface area contributed by atoms with E-state index in [2.05, 4.69) is 10.2 Å². The number of nitrogens with two attached hydrogens (primary N) is 1. The summed E-state index contributed by atoms with van der Waals surface area (Å²) >= 11 is 0. The molecule has 0 amide bonds. The van der Waals surface area contributed by atoms with E-state index in [0.717, 1.165) is 25.0 Å². The van der Waals surface area contributed by atoms with Gasteiger partial charge in [0.15, 0.2) is 29.1 Å². The van der Waals surface area contributed by atoms with Crippen molar-refractivity contribution >= 4 is 5.82 Å². The zero-order chi connectivity index (χ0) is 23.3. The van der Waals surface area contributed by atoms with Crippen LogP contribution in [0.1, 0.15) is 18.4 Å². The SMILES string of the molecule is N[C@H]1C[C@@H]2CN(c3ccc(-c4cc(F)cc(F)c4F)nn3)[C@@H](Cc3cccc(F)c3F)[C@H]2C1. The predicted octanol–water partition coefficient (Wildman–Crippen LogP) is 4.62. The van der Waals surface area contributed by atoms with Crippen molar-refractivity contribution in [2.45, 2.75) is 31.3 Å². The first-order valence-electron chi connectivity index (χ1n) is 10.8. The quantitative estimate of drug-likeness (QED) is 0.456. The first-order chi connectivity index (χ1) is 15.8. The molecule has 1 saturated carbocycles. The van der Waals surface area contributed by atoms with Crippen LogP contribution in [0.15, 0.2) is 42.5 Å². The standard InChI is InChI=1S/C24H21F5N4/c25-14-8-17(24(29)19(27)9-14)20-4-5-22(32-31-20)33-11-13-6-15(30)10-16(13)21(33)7-12-2-1-3-18(26)23(12)28/h1-5,8-9,13,15-16,21H,6-7,10-11,30H2/t13-,15+,16+,21+/m1/s1. The van der Waals surface area contributed by atoms with E-state index in [4.69, 9.17) is 5.73 Å². The van der Waals surface area contributed by atoms with Crippen molar-refractivity contribution in [3.63, 3.8) is 0 Å². The summed E-state index contributed by atoms with van der Waals surface area (Å²) in [7, 11) is 0. The van der Waals surface area contributed by atoms with Gasteiger partial charge in [-0.2, -0.15) is 0 Å². The molecule has 4 nitrogen and oxygen atoms in total. The van der Waals surface area contributed by atoms with Crippen LogP contribution in [0.2, 0.25) is 0 Å². The highest BCUT2D eigenvalue weighted by molar-refractivity contribution is 5.61. The Labute approximate surface area is 187 Å². The van der Waals surface area contributed by atoms with Crippen molar-refractivity contribution in [1.29, 1.82) is 0 Å². The summed E-state index contributed by atoms with van der Waals surface area (Å²) in [6.07, 6.45) is 1.86. The Morgan fingerprint density at radius 3 is 2.48 bits per heavy atom. The van der Waals surface area contributed by atoms with Crippen LogP contribution in [0.25, 0.3) is 11.3 Å². The number of halogens is 5. The average Bonchev–Trinajstić information content (AvgIpc) is 3.31. The molecule has 1 aliphatic carbocycles. The second-order valence-electron chi connectivity index (χ2n) is 8.82. The molecule has 3 aromatic rings. The Morgan fingerprint density at radius 1 is 0.909 bits per heavy atom. The van der Waals surface area contributed by atoms with Gasteiger partial charge in [0.1, 0.15) is 5.82 Å². The lowest BCUT2D eigenvalue weighted by Gasteiger charge is -2.29. The molecule has 0 unspecified atom stereocenters. The summed E-state index contributed by atoms with van der Waals surface area (Å²) in [5, 5.41) is 8.18. The molecule has 2 aliphatic rings. The lowest BCUT2D eigenvalue weighted by molar-refractivity contribution is 0.409. The third-order valence-electron chi connectivity index (χ3n) is 6.79. The van der Waals surface area contributed by atoms with E-state index in [1.165, 1.54) is 12.1 Å². The monoisotopic (exact) mass is 460 g/mol. The minimum absolute atomic E-state index is 0.0104. The van der Waals surface area contributed by atoms with Crippen molar-refractivity contribution in [3.05, 3.63) is 77.1 Å². The van der Waals surface area contributed by atoms with Crippen LogP contribution >= 0.6 is 0 Å². The van der Waals surface area contributed by atoms with Gasteiger partial charge >= 0.3 is 0 Å². The minimum atomic E-state index is -1.31. The zero-order valence-corrected chi connectivity index (χ0v) is 17.5. The third kappa shape index (κ3) is 3.94. The topological polar surface area (TPSA) is 55.0 Å². The largest absolute Gasteiger partial charge is 0.351 e. The van der Waals surface area contributed by atoms with Gasteiger partial charge in [0, 0.05) is 30.3 Å². The maximum atomic E-state index is 14.4. The summed E-state index contributed by atoms with van der Waals surface area (Å²) in [5.41, 5.74) is 6.10. The molecule has 4 atom stereocenters. The van der Waals surface area contributed by atoms with E-state index >= 15 is 0 Å². The number of hydrogen-bond acceptors (Lipinski definition) is 4. The van der Waals surface area contributed by atoms with E-state index in [9.17, 15) is 22.0 Å². The second kappa shape index (κ2) is 8.37. The molecule has 1 aliphatic heterocycles. The first kappa shape index (κ1) is 21.8. The van der Waals surface area contributed by atoms with Gasteiger partial charge in [0.25, 0.3) is 0 Å². The number of benzene rings is 2. The Morgan fingerprint density at radius 2 is 1.73 bits per heavy atom. The van der Waals surface area contributed by atoms with Crippen molar-refractivity contribution in [1.82, 2.24) is 10.2 Å². The fourth-order valence-corrected chi connectivity index (χ4v) is 5.32. The van der Waals surface area contributed by atoms with Crippen molar-refractivity contribution in [2.24, 2.45) is 17.6 Å². The molecular formula is C24H21F5N4. The maximum absolute atomic E-state index is 14.4. The molecule has 2 N–H and O–H groups in total. The first-order valence-corrected chi connectivity index (χ1v) is 10.8. The molecule has 172 valence electrons. The summed E-state index contributed by atoms with van der Waals surface area (Å²) in [4.78, 5) is 1.99. The van der Waals surface area contributed by atoms with Crippen LogP contribution in [-0.2, 0) is 6.42 Å². The number of nitrogens with zero attached hydrogens (tertiary/aromatic N) is 3. The molecular weight excluding hydrogens is 439 g/mol. The molecule has 1 aromatic heterocycles. The number of anilines is 1. The maximum Gasteiger partial charge on any atom is 0.168 e. The lowest BCUT2D eigenvalue weighted by atomic mass is 9.89. The number of fused-ring (bicyclic) bond motifs is 1. The average molecular weight is 460 g/mol. The summed E-state index contributed by atoms with van der Waals surface area (Å²) in [5.74, 6) is -4.27. The van der Waals surface area contributed by atoms with Gasteiger partial charge in [-0.15, -0.1) is 10.2 Å². The van der Waals surface area contributed by atoms with Crippen LogP contribution in [0.5, 0.6) is 0 Å². The predicted molar refractivity (Wildman–Crippen MR) is 113 cm³/mol. The van der Waals surface area contributed by atoms with E-state index in [-0.39, 0.29) is 47.2 Å². The summed E-state index contributed by atoms with van der Waals surface area (Å²) < 4.78 is 69.5. The van der Waals surface area contributed by atoms with E-state index < -0.39 is 29.1 Å². The molecule has 0 radical (unpaired) electrons. The molecule has 2 heterocycles. The van der Waals surface area contributed by atoms with E-state index in [1.54, 1.807) is 12.1 Å².